The second-order valence-electron chi connectivity index (χ2n) is 2.98. The van der Waals surface area contributed by atoms with Crippen LogP contribution in [-0.2, 0) is 4.79 Å². The molecule has 1 aliphatic rings. The number of ketones is 1. The van der Waals surface area contributed by atoms with Crippen LogP contribution in [0.5, 0.6) is 0 Å². The second kappa shape index (κ2) is 3.96. The Bertz CT molecular complexity index is 165. The molecule has 2 unspecified atom stereocenters. The van der Waals surface area contributed by atoms with Gasteiger partial charge in [-0.3, -0.25) is 4.79 Å². The molecule has 1 saturated carbocycles. The van der Waals surface area contributed by atoms with Gasteiger partial charge in [-0.1, -0.05) is 6.08 Å². The van der Waals surface area contributed by atoms with Crippen molar-refractivity contribution in [2.75, 3.05) is 6.26 Å². The van der Waals surface area contributed by atoms with E-state index in [4.69, 9.17) is 0 Å². The number of carbonyl (C=O) groups excluding carboxylic acids is 1. The smallest absolute Gasteiger partial charge is 0.133 e. The van der Waals surface area contributed by atoms with Crippen LogP contribution in [0, 0.1) is 5.92 Å². The third kappa shape index (κ3) is 2.09. The summed E-state index contributed by atoms with van der Waals surface area (Å²) in [5.74, 6) is 0.992. The van der Waals surface area contributed by atoms with Crippen molar-refractivity contribution in [1.82, 2.24) is 0 Å². The minimum atomic E-state index is 0.427. The third-order valence-corrected chi connectivity index (χ3v) is 3.37. The zero-order valence-electron chi connectivity index (χ0n) is 6.88. The zero-order valence-corrected chi connectivity index (χ0v) is 7.69. The lowest BCUT2D eigenvalue weighted by atomic mass is 10.0. The molecule has 0 saturated heterocycles. The van der Waals surface area contributed by atoms with E-state index >= 15 is 0 Å². The Balaban J connectivity index is 2.46. The van der Waals surface area contributed by atoms with Crippen LogP contribution in [0.1, 0.15) is 19.3 Å². The Labute approximate surface area is 72.2 Å². The summed E-state index contributed by atoms with van der Waals surface area (Å²) in [6.07, 6.45) is 6.67. The number of carbonyl (C=O) groups is 1. The van der Waals surface area contributed by atoms with Crippen molar-refractivity contribution < 1.29 is 4.79 Å². The van der Waals surface area contributed by atoms with Gasteiger partial charge in [-0.15, -0.1) is 6.58 Å². The van der Waals surface area contributed by atoms with Crippen LogP contribution in [0.2, 0.25) is 0 Å². The molecular formula is C9H14OS. The molecule has 1 rings (SSSR count). The lowest BCUT2D eigenvalue weighted by Crippen LogP contribution is -2.10. The van der Waals surface area contributed by atoms with E-state index in [2.05, 4.69) is 12.8 Å². The quantitative estimate of drug-likeness (QED) is 0.604. The minimum Gasteiger partial charge on any atom is -0.300 e. The first-order valence-electron chi connectivity index (χ1n) is 3.95. The second-order valence-corrected chi connectivity index (χ2v) is 3.99. The van der Waals surface area contributed by atoms with Crippen LogP contribution >= 0.6 is 11.8 Å². The van der Waals surface area contributed by atoms with Crippen molar-refractivity contribution >= 4 is 17.5 Å². The fraction of sp³-hybridized carbons (Fsp3) is 0.667. The summed E-state index contributed by atoms with van der Waals surface area (Å²) in [4.78, 5) is 10.9. The van der Waals surface area contributed by atoms with Gasteiger partial charge in [0.2, 0.25) is 0 Å². The first-order chi connectivity index (χ1) is 5.27. The lowest BCUT2D eigenvalue weighted by Gasteiger charge is -2.15. The molecule has 0 heterocycles. The highest BCUT2D eigenvalue weighted by Gasteiger charge is 2.26. The maximum absolute atomic E-state index is 10.9. The van der Waals surface area contributed by atoms with Crippen LogP contribution in [0.3, 0.4) is 0 Å². The molecule has 62 valence electrons. The molecule has 0 radical (unpaired) electrons. The Hall–Kier alpha value is -0.240. The van der Waals surface area contributed by atoms with E-state index in [1.165, 1.54) is 0 Å². The van der Waals surface area contributed by atoms with Crippen molar-refractivity contribution in [2.24, 2.45) is 5.92 Å². The van der Waals surface area contributed by atoms with Crippen molar-refractivity contribution in [3.63, 3.8) is 0 Å². The van der Waals surface area contributed by atoms with Crippen molar-refractivity contribution in [3.05, 3.63) is 12.7 Å². The van der Waals surface area contributed by atoms with Crippen molar-refractivity contribution in [2.45, 2.75) is 24.5 Å². The van der Waals surface area contributed by atoms with Crippen LogP contribution in [0.15, 0.2) is 12.7 Å². The van der Waals surface area contributed by atoms with Gasteiger partial charge in [0.1, 0.15) is 5.78 Å². The molecule has 2 heteroatoms. The minimum absolute atomic E-state index is 0.427. The normalized spacial score (nSPS) is 27.0. The van der Waals surface area contributed by atoms with E-state index in [0.29, 0.717) is 17.0 Å². The maximum Gasteiger partial charge on any atom is 0.133 e. The molecule has 0 aromatic carbocycles. The summed E-state index contributed by atoms with van der Waals surface area (Å²) in [6, 6.07) is 0. The first kappa shape index (κ1) is 8.85. The topological polar surface area (TPSA) is 17.1 Å². The summed E-state index contributed by atoms with van der Waals surface area (Å²) in [7, 11) is 0. The maximum atomic E-state index is 10.9. The van der Waals surface area contributed by atoms with Crippen molar-refractivity contribution in [1.29, 1.82) is 0 Å². The van der Waals surface area contributed by atoms with Gasteiger partial charge < -0.3 is 0 Å². The zero-order chi connectivity index (χ0) is 8.27. The monoisotopic (exact) mass is 170 g/mol. The molecular weight excluding hydrogens is 156 g/mol. The van der Waals surface area contributed by atoms with E-state index in [9.17, 15) is 4.79 Å². The van der Waals surface area contributed by atoms with E-state index in [1.54, 1.807) is 11.8 Å². The van der Waals surface area contributed by atoms with Crippen LogP contribution < -0.4 is 0 Å². The molecule has 0 amide bonds. The molecule has 2 atom stereocenters. The number of thioether (sulfide) groups is 1. The molecule has 1 fully saturated rings. The van der Waals surface area contributed by atoms with Gasteiger partial charge in [0.25, 0.3) is 0 Å². The lowest BCUT2D eigenvalue weighted by molar-refractivity contribution is -0.117. The number of hydrogen-bond acceptors (Lipinski definition) is 2. The molecule has 1 aliphatic carbocycles. The van der Waals surface area contributed by atoms with Crippen LogP contribution in [0.25, 0.3) is 0 Å². The Morgan fingerprint density at radius 1 is 1.82 bits per heavy atom. The van der Waals surface area contributed by atoms with Gasteiger partial charge in [-0.05, 0) is 18.6 Å². The van der Waals surface area contributed by atoms with Crippen molar-refractivity contribution in [3.8, 4) is 0 Å². The van der Waals surface area contributed by atoms with E-state index in [-0.39, 0.29) is 0 Å². The van der Waals surface area contributed by atoms with Crippen LogP contribution in [-0.4, -0.2) is 17.3 Å². The Kier molecular flexibility index (Phi) is 3.18. The highest BCUT2D eigenvalue weighted by atomic mass is 32.2. The third-order valence-electron chi connectivity index (χ3n) is 2.25. The molecule has 11 heavy (non-hydrogen) atoms. The van der Waals surface area contributed by atoms with Gasteiger partial charge in [0.05, 0.1) is 0 Å². The summed E-state index contributed by atoms with van der Waals surface area (Å²) in [5, 5.41) is 0.487. The fourth-order valence-electron chi connectivity index (χ4n) is 1.60. The van der Waals surface area contributed by atoms with Gasteiger partial charge in [-0.25, -0.2) is 0 Å². The molecule has 0 bridgehead atoms. The molecule has 0 spiro atoms. The highest BCUT2D eigenvalue weighted by molar-refractivity contribution is 7.99. The van der Waals surface area contributed by atoms with Gasteiger partial charge in [0.15, 0.2) is 0 Å². The number of rotatable bonds is 3. The van der Waals surface area contributed by atoms with Gasteiger partial charge in [0, 0.05) is 18.1 Å². The molecule has 0 aromatic heterocycles. The first-order valence-corrected chi connectivity index (χ1v) is 5.23. The average Bonchev–Trinajstić information content (AvgIpc) is 2.39. The molecule has 0 aromatic rings. The summed E-state index contributed by atoms with van der Waals surface area (Å²) in [5.41, 5.74) is 0. The van der Waals surface area contributed by atoms with Gasteiger partial charge >= 0.3 is 0 Å². The Morgan fingerprint density at radius 3 is 2.91 bits per heavy atom. The molecule has 0 N–H and O–H groups in total. The van der Waals surface area contributed by atoms with E-state index in [1.807, 2.05) is 6.08 Å². The standard InChI is InChI=1S/C9H14OS/c1-3-9(11-2)7-4-5-8(10)6-7/h3,7,9H,1,4-6H2,2H3. The predicted octanol–water partition coefficient (Wildman–Crippen LogP) is 2.27. The van der Waals surface area contributed by atoms with E-state index in [0.717, 1.165) is 19.3 Å². The fourth-order valence-corrected chi connectivity index (χ4v) is 2.41. The average molecular weight is 170 g/mol. The summed E-state index contributed by atoms with van der Waals surface area (Å²) < 4.78 is 0. The van der Waals surface area contributed by atoms with Crippen LogP contribution in [0.4, 0.5) is 0 Å². The predicted molar refractivity (Wildman–Crippen MR) is 49.8 cm³/mol. The number of Topliss-reactive ketones (excluding diaryl/α,β-unsaturated/α-hetero) is 1. The summed E-state index contributed by atoms with van der Waals surface area (Å²) in [6.45, 7) is 3.77. The number of hydrogen-bond donors (Lipinski definition) is 0. The Morgan fingerprint density at radius 2 is 2.55 bits per heavy atom. The summed E-state index contributed by atoms with van der Waals surface area (Å²) >= 11 is 1.80. The molecule has 1 nitrogen and oxygen atoms in total. The largest absolute Gasteiger partial charge is 0.300 e. The van der Waals surface area contributed by atoms with E-state index < -0.39 is 0 Å². The highest BCUT2D eigenvalue weighted by Crippen LogP contribution is 2.31. The molecule has 0 aliphatic heterocycles. The van der Waals surface area contributed by atoms with Gasteiger partial charge in [-0.2, -0.15) is 11.8 Å². The SMILES string of the molecule is C=CC(SC)C1CCC(=O)C1.